The summed E-state index contributed by atoms with van der Waals surface area (Å²) in [5, 5.41) is 9.72. The molecule has 2 atom stereocenters. The number of rotatable bonds is 26. The van der Waals surface area contributed by atoms with Gasteiger partial charge in [-0.25, -0.2) is 4.57 Å². The van der Waals surface area contributed by atoms with Gasteiger partial charge in [0.05, 0.1) is 19.8 Å². The zero-order valence-corrected chi connectivity index (χ0v) is 22.0. The molecule has 7 nitrogen and oxygen atoms in total. The van der Waals surface area contributed by atoms with Crippen LogP contribution in [0.4, 0.5) is 0 Å². The van der Waals surface area contributed by atoms with Crippen LogP contribution < -0.4 is 5.73 Å². The predicted octanol–water partition coefficient (Wildman–Crippen LogP) is 6.27. The summed E-state index contributed by atoms with van der Waals surface area (Å²) in [6.07, 6.45) is 24.3. The van der Waals surface area contributed by atoms with E-state index in [9.17, 15) is 14.6 Å². The molecule has 2 unspecified atom stereocenters. The Hall–Kier alpha value is -0.270. The van der Waals surface area contributed by atoms with E-state index < -0.39 is 13.9 Å². The fourth-order valence-corrected chi connectivity index (χ4v) is 4.23. The van der Waals surface area contributed by atoms with Crippen LogP contribution in [0.5, 0.6) is 0 Å². The molecule has 0 rings (SSSR count). The summed E-state index contributed by atoms with van der Waals surface area (Å²) >= 11 is 0. The van der Waals surface area contributed by atoms with Gasteiger partial charge in [-0.2, -0.15) is 0 Å². The first-order valence-electron chi connectivity index (χ1n) is 13.2. The fraction of sp³-hybridized carbons (Fsp3) is 0.920. The Balaban J connectivity index is 3.29. The van der Waals surface area contributed by atoms with Crippen LogP contribution in [0.25, 0.3) is 0 Å². The van der Waals surface area contributed by atoms with Gasteiger partial charge in [0.15, 0.2) is 0 Å². The molecular weight excluding hydrogens is 441 g/mol. The zero-order chi connectivity index (χ0) is 24.5. The second-order valence-electron chi connectivity index (χ2n) is 8.76. The Morgan fingerprint density at radius 1 is 0.758 bits per heavy atom. The van der Waals surface area contributed by atoms with Crippen LogP contribution in [0, 0.1) is 0 Å². The van der Waals surface area contributed by atoms with Gasteiger partial charge in [0.2, 0.25) is 0 Å². The minimum absolute atomic E-state index is 0.0723. The van der Waals surface area contributed by atoms with Crippen LogP contribution in [0.15, 0.2) is 12.2 Å². The first-order valence-corrected chi connectivity index (χ1v) is 14.7. The molecule has 0 fully saturated rings. The van der Waals surface area contributed by atoms with Crippen molar-refractivity contribution in [3.8, 4) is 0 Å². The van der Waals surface area contributed by atoms with Gasteiger partial charge in [-0.1, -0.05) is 89.7 Å². The standard InChI is InChI=1S/C25H52NO6P/c1-2-3-4-5-6-7-8-9-10-11-12-13-14-15-16-17-18-19-21-30-23-25(27)24-32-33(28,29)31-22-20-26/h9-10,25,27H,2-8,11-24,26H2,1H3,(H,28,29)/b10-9-. The van der Waals surface area contributed by atoms with E-state index in [4.69, 9.17) is 10.5 Å². The van der Waals surface area contributed by atoms with Crippen LogP contribution in [0.2, 0.25) is 0 Å². The number of hydrogen-bond donors (Lipinski definition) is 3. The molecule has 8 heteroatoms. The lowest BCUT2D eigenvalue weighted by Gasteiger charge is -2.15. The molecule has 0 amide bonds. The Labute approximate surface area is 203 Å². The molecule has 0 saturated carbocycles. The topological polar surface area (TPSA) is 111 Å². The highest BCUT2D eigenvalue weighted by Crippen LogP contribution is 2.42. The van der Waals surface area contributed by atoms with E-state index in [1.165, 1.54) is 89.9 Å². The lowest BCUT2D eigenvalue weighted by atomic mass is 10.1. The predicted molar refractivity (Wildman–Crippen MR) is 136 cm³/mol. The van der Waals surface area contributed by atoms with Gasteiger partial charge in [-0.15, -0.1) is 0 Å². The maximum absolute atomic E-state index is 11.4. The molecule has 0 heterocycles. The van der Waals surface area contributed by atoms with Crippen molar-refractivity contribution in [3.05, 3.63) is 12.2 Å². The van der Waals surface area contributed by atoms with Gasteiger partial charge in [-0.3, -0.25) is 9.05 Å². The van der Waals surface area contributed by atoms with E-state index in [2.05, 4.69) is 28.1 Å². The van der Waals surface area contributed by atoms with E-state index >= 15 is 0 Å². The number of ether oxygens (including phenoxy) is 1. The molecule has 0 aliphatic rings. The molecule has 33 heavy (non-hydrogen) atoms. The summed E-state index contributed by atoms with van der Waals surface area (Å²) in [5.74, 6) is 0. The van der Waals surface area contributed by atoms with E-state index in [0.717, 1.165) is 12.8 Å². The van der Waals surface area contributed by atoms with Crippen molar-refractivity contribution < 1.29 is 28.3 Å². The number of unbranched alkanes of at least 4 members (excludes halogenated alkanes) is 14. The van der Waals surface area contributed by atoms with Gasteiger partial charge in [0, 0.05) is 13.2 Å². The maximum Gasteiger partial charge on any atom is 0.472 e. The molecule has 0 aromatic carbocycles. The molecule has 4 N–H and O–H groups in total. The molecule has 198 valence electrons. The first kappa shape index (κ1) is 32.7. The normalized spacial score (nSPS) is 14.7. The second kappa shape index (κ2) is 24.8. The Bertz CT molecular complexity index is 478. The van der Waals surface area contributed by atoms with E-state index in [0.29, 0.717) is 6.61 Å². The summed E-state index contributed by atoms with van der Waals surface area (Å²) < 4.78 is 26.1. The average molecular weight is 494 g/mol. The molecule has 0 spiro atoms. The van der Waals surface area contributed by atoms with Crippen molar-refractivity contribution in [2.45, 2.75) is 116 Å². The highest BCUT2D eigenvalue weighted by Gasteiger charge is 2.22. The molecule has 0 saturated heterocycles. The fourth-order valence-electron chi connectivity index (χ4n) is 3.46. The third kappa shape index (κ3) is 26.2. The summed E-state index contributed by atoms with van der Waals surface area (Å²) in [6.45, 7) is 2.65. The summed E-state index contributed by atoms with van der Waals surface area (Å²) in [7, 11) is -4.14. The smallest absolute Gasteiger partial charge is 0.388 e. The third-order valence-corrected chi connectivity index (χ3v) is 6.40. The first-order chi connectivity index (χ1) is 16.0. The van der Waals surface area contributed by atoms with Crippen molar-refractivity contribution in [2.24, 2.45) is 5.73 Å². The van der Waals surface area contributed by atoms with Gasteiger partial charge >= 0.3 is 7.82 Å². The van der Waals surface area contributed by atoms with Gasteiger partial charge in [-0.05, 0) is 32.1 Å². The largest absolute Gasteiger partial charge is 0.472 e. The average Bonchev–Trinajstić information content (AvgIpc) is 2.80. The van der Waals surface area contributed by atoms with Crippen LogP contribution >= 0.6 is 7.82 Å². The Kier molecular flexibility index (Phi) is 24.6. The molecule has 0 aromatic heterocycles. The second-order valence-corrected chi connectivity index (χ2v) is 10.2. The van der Waals surface area contributed by atoms with Crippen molar-refractivity contribution in [1.82, 2.24) is 0 Å². The lowest BCUT2D eigenvalue weighted by molar-refractivity contribution is 0.00230. The monoisotopic (exact) mass is 493 g/mol. The molecule has 0 bridgehead atoms. The third-order valence-electron chi connectivity index (χ3n) is 5.41. The minimum atomic E-state index is -4.14. The number of hydrogen-bond acceptors (Lipinski definition) is 6. The van der Waals surface area contributed by atoms with Gasteiger partial charge in [0.25, 0.3) is 0 Å². The number of phosphoric acid groups is 1. The quantitative estimate of drug-likeness (QED) is 0.0739. The number of nitrogens with two attached hydrogens (primary N) is 1. The molecule has 0 aliphatic heterocycles. The van der Waals surface area contributed by atoms with E-state index in [1.54, 1.807) is 0 Å². The lowest BCUT2D eigenvalue weighted by Crippen LogP contribution is -2.22. The van der Waals surface area contributed by atoms with E-state index in [1.807, 2.05) is 0 Å². The van der Waals surface area contributed by atoms with Gasteiger partial charge in [0.1, 0.15) is 6.10 Å². The van der Waals surface area contributed by atoms with Crippen LogP contribution in [-0.2, 0) is 18.3 Å². The van der Waals surface area contributed by atoms with Crippen molar-refractivity contribution in [3.63, 3.8) is 0 Å². The molecule has 0 radical (unpaired) electrons. The highest BCUT2D eigenvalue weighted by atomic mass is 31.2. The maximum atomic E-state index is 11.4. The van der Waals surface area contributed by atoms with Crippen molar-refractivity contribution in [1.29, 1.82) is 0 Å². The molecular formula is C25H52NO6P. The number of aliphatic hydroxyl groups excluding tert-OH is 1. The van der Waals surface area contributed by atoms with Crippen LogP contribution in [0.1, 0.15) is 110 Å². The van der Waals surface area contributed by atoms with Crippen molar-refractivity contribution >= 4 is 7.82 Å². The number of aliphatic hydroxyl groups is 1. The van der Waals surface area contributed by atoms with Gasteiger partial charge < -0.3 is 20.5 Å². The zero-order valence-electron chi connectivity index (χ0n) is 21.1. The number of phosphoric ester groups is 1. The van der Waals surface area contributed by atoms with E-state index in [-0.39, 0.29) is 26.4 Å². The minimum Gasteiger partial charge on any atom is -0.388 e. The Morgan fingerprint density at radius 3 is 1.82 bits per heavy atom. The highest BCUT2D eigenvalue weighted by molar-refractivity contribution is 7.47. The number of allylic oxidation sites excluding steroid dienone is 2. The summed E-state index contributed by atoms with van der Waals surface area (Å²) in [4.78, 5) is 9.34. The Morgan fingerprint density at radius 2 is 1.27 bits per heavy atom. The molecule has 0 aliphatic carbocycles. The van der Waals surface area contributed by atoms with Crippen LogP contribution in [-0.4, -0.2) is 49.1 Å². The van der Waals surface area contributed by atoms with Crippen molar-refractivity contribution in [2.75, 3.05) is 33.0 Å². The van der Waals surface area contributed by atoms with Crippen LogP contribution in [0.3, 0.4) is 0 Å². The summed E-state index contributed by atoms with van der Waals surface area (Å²) in [6, 6.07) is 0. The summed E-state index contributed by atoms with van der Waals surface area (Å²) in [5.41, 5.74) is 5.19. The SMILES string of the molecule is CCCCCCCC/C=C\CCCCCCCCCCOCC(O)COP(=O)(O)OCCN. The molecule has 0 aromatic rings.